The zero-order valence-electron chi connectivity index (χ0n) is 15.9. The van der Waals surface area contributed by atoms with Crippen LogP contribution in [0.15, 0.2) is 71.1 Å². The van der Waals surface area contributed by atoms with Gasteiger partial charge >= 0.3 is 0 Å². The summed E-state index contributed by atoms with van der Waals surface area (Å²) in [5.74, 6) is -0.490. The highest BCUT2D eigenvalue weighted by atomic mass is 16.5. The lowest BCUT2D eigenvalue weighted by atomic mass is 9.83. The van der Waals surface area contributed by atoms with Gasteiger partial charge in [-0.05, 0) is 18.2 Å². The van der Waals surface area contributed by atoms with E-state index in [0.29, 0.717) is 22.5 Å². The Bertz CT molecular complexity index is 1370. The molecule has 0 atom stereocenters. The first-order valence-corrected chi connectivity index (χ1v) is 9.28. The number of para-hydroxylation sites is 1. The molecule has 6 nitrogen and oxygen atoms in total. The summed E-state index contributed by atoms with van der Waals surface area (Å²) in [7, 11) is 1.52. The number of furan rings is 1. The molecule has 0 aliphatic heterocycles. The smallest absolute Gasteiger partial charge is 0.291 e. The lowest BCUT2D eigenvalue weighted by molar-refractivity contribution is 0.0977. The molecular weight excluding hydrogens is 382 g/mol. The Morgan fingerprint density at radius 3 is 2.33 bits per heavy atom. The molecule has 6 heteroatoms. The van der Waals surface area contributed by atoms with Crippen LogP contribution in [0.5, 0.6) is 5.75 Å². The fraction of sp³-hybridized carbons (Fsp3) is 0.0417. The van der Waals surface area contributed by atoms with E-state index in [1.54, 1.807) is 60.7 Å². The summed E-state index contributed by atoms with van der Waals surface area (Å²) in [5.41, 5.74) is 1.86. The fourth-order valence-electron chi connectivity index (χ4n) is 3.74. The van der Waals surface area contributed by atoms with Crippen molar-refractivity contribution in [2.75, 3.05) is 12.4 Å². The molecule has 0 spiro atoms. The third-order valence-electron chi connectivity index (χ3n) is 5.15. The molecule has 1 aliphatic rings. The summed E-state index contributed by atoms with van der Waals surface area (Å²) in [5, 5.41) is 3.44. The third-order valence-corrected chi connectivity index (χ3v) is 5.15. The van der Waals surface area contributed by atoms with E-state index in [4.69, 9.17) is 9.15 Å². The van der Waals surface area contributed by atoms with Crippen LogP contribution in [0.25, 0.3) is 11.0 Å². The molecule has 0 fully saturated rings. The number of hydrogen-bond acceptors (Lipinski definition) is 5. The lowest BCUT2D eigenvalue weighted by Gasteiger charge is -2.20. The van der Waals surface area contributed by atoms with Crippen LogP contribution < -0.4 is 10.1 Å². The van der Waals surface area contributed by atoms with Crippen LogP contribution in [-0.2, 0) is 0 Å². The Morgan fingerprint density at radius 2 is 1.57 bits per heavy atom. The van der Waals surface area contributed by atoms with Gasteiger partial charge in [-0.3, -0.25) is 14.4 Å². The van der Waals surface area contributed by atoms with Gasteiger partial charge in [0.2, 0.25) is 0 Å². The van der Waals surface area contributed by atoms with Gasteiger partial charge in [0.1, 0.15) is 0 Å². The van der Waals surface area contributed by atoms with Crippen molar-refractivity contribution >= 4 is 34.1 Å². The molecule has 4 aromatic rings. The van der Waals surface area contributed by atoms with Gasteiger partial charge in [0, 0.05) is 22.1 Å². The number of fused-ring (bicyclic) bond motifs is 3. The van der Waals surface area contributed by atoms with Crippen LogP contribution in [-0.4, -0.2) is 24.6 Å². The molecular formula is C24H15NO5. The van der Waals surface area contributed by atoms with E-state index in [1.165, 1.54) is 7.11 Å². The summed E-state index contributed by atoms with van der Waals surface area (Å²) < 4.78 is 10.9. The first-order chi connectivity index (χ1) is 14.6. The molecule has 1 aliphatic carbocycles. The number of ether oxygens (including phenoxy) is 1. The lowest BCUT2D eigenvalue weighted by Crippen LogP contribution is -2.23. The summed E-state index contributed by atoms with van der Waals surface area (Å²) in [6.45, 7) is 0. The van der Waals surface area contributed by atoms with E-state index in [0.717, 1.165) is 5.39 Å². The van der Waals surface area contributed by atoms with Gasteiger partial charge in [-0.15, -0.1) is 0 Å². The minimum absolute atomic E-state index is 0.0714. The molecule has 30 heavy (non-hydrogen) atoms. The Balaban J connectivity index is 1.55. The Hall–Kier alpha value is -4.19. The predicted octanol–water partition coefficient (Wildman–Crippen LogP) is 4.47. The third kappa shape index (κ3) is 2.62. The number of methoxy groups -OCH3 is 1. The van der Waals surface area contributed by atoms with Crippen molar-refractivity contribution in [3.8, 4) is 5.75 Å². The number of amides is 1. The van der Waals surface area contributed by atoms with Crippen molar-refractivity contribution in [1.82, 2.24) is 0 Å². The van der Waals surface area contributed by atoms with Crippen LogP contribution in [0.4, 0.5) is 5.69 Å². The summed E-state index contributed by atoms with van der Waals surface area (Å²) in [6.07, 6.45) is 0. The molecule has 1 heterocycles. The molecule has 0 radical (unpaired) electrons. The highest BCUT2D eigenvalue weighted by Gasteiger charge is 2.32. The standard InChI is InChI=1S/C24H15NO5/c1-29-18-11-4-6-13-12-19(30-23(13)18)24(28)25-17-10-5-9-16-20(17)22(27)15-8-3-2-7-14(15)21(16)26/h2-12H,1H3,(H,25,28). The van der Waals surface area contributed by atoms with E-state index >= 15 is 0 Å². The zero-order valence-corrected chi connectivity index (χ0v) is 15.9. The number of anilines is 1. The number of nitrogens with one attached hydrogen (secondary N) is 1. The molecule has 0 bridgehead atoms. The van der Waals surface area contributed by atoms with E-state index in [9.17, 15) is 14.4 Å². The molecule has 0 saturated heterocycles. The number of benzene rings is 3. The van der Waals surface area contributed by atoms with E-state index < -0.39 is 5.91 Å². The normalized spacial score (nSPS) is 12.4. The number of ketones is 2. The monoisotopic (exact) mass is 397 g/mol. The minimum Gasteiger partial charge on any atom is -0.493 e. The highest BCUT2D eigenvalue weighted by Crippen LogP contribution is 2.33. The van der Waals surface area contributed by atoms with Gasteiger partial charge in [-0.25, -0.2) is 0 Å². The van der Waals surface area contributed by atoms with Gasteiger partial charge in [-0.1, -0.05) is 48.5 Å². The summed E-state index contributed by atoms with van der Waals surface area (Å²) in [4.78, 5) is 38.8. The molecule has 0 unspecified atom stereocenters. The molecule has 1 amide bonds. The average Bonchev–Trinajstić information content (AvgIpc) is 3.22. The largest absolute Gasteiger partial charge is 0.493 e. The molecule has 3 aromatic carbocycles. The number of rotatable bonds is 3. The van der Waals surface area contributed by atoms with Gasteiger partial charge in [-0.2, -0.15) is 0 Å². The van der Waals surface area contributed by atoms with Crippen LogP contribution in [0.3, 0.4) is 0 Å². The second-order valence-electron chi connectivity index (χ2n) is 6.88. The molecule has 146 valence electrons. The number of carbonyl (C=O) groups is 3. The molecule has 1 aromatic heterocycles. The fourth-order valence-corrected chi connectivity index (χ4v) is 3.74. The Morgan fingerprint density at radius 1 is 0.867 bits per heavy atom. The van der Waals surface area contributed by atoms with Gasteiger partial charge in [0.15, 0.2) is 28.7 Å². The topological polar surface area (TPSA) is 85.6 Å². The van der Waals surface area contributed by atoms with Crippen LogP contribution in [0.2, 0.25) is 0 Å². The van der Waals surface area contributed by atoms with E-state index in [-0.39, 0.29) is 34.1 Å². The van der Waals surface area contributed by atoms with Crippen molar-refractivity contribution in [3.63, 3.8) is 0 Å². The maximum Gasteiger partial charge on any atom is 0.291 e. The van der Waals surface area contributed by atoms with Crippen LogP contribution in [0.1, 0.15) is 42.4 Å². The predicted molar refractivity (Wildman–Crippen MR) is 110 cm³/mol. The average molecular weight is 397 g/mol. The van der Waals surface area contributed by atoms with Crippen LogP contribution in [0, 0.1) is 0 Å². The first-order valence-electron chi connectivity index (χ1n) is 9.28. The van der Waals surface area contributed by atoms with Crippen molar-refractivity contribution in [2.24, 2.45) is 0 Å². The highest BCUT2D eigenvalue weighted by molar-refractivity contribution is 6.30. The van der Waals surface area contributed by atoms with Crippen molar-refractivity contribution in [2.45, 2.75) is 0 Å². The second-order valence-corrected chi connectivity index (χ2v) is 6.88. The number of carbonyl (C=O) groups excluding carboxylic acids is 3. The van der Waals surface area contributed by atoms with Gasteiger partial charge in [0.05, 0.1) is 18.4 Å². The van der Waals surface area contributed by atoms with Crippen molar-refractivity contribution in [3.05, 3.63) is 94.7 Å². The second kappa shape index (κ2) is 6.70. The van der Waals surface area contributed by atoms with E-state index in [1.807, 2.05) is 6.07 Å². The van der Waals surface area contributed by atoms with Crippen LogP contribution >= 0.6 is 0 Å². The Labute approximate surface area is 171 Å². The quantitative estimate of drug-likeness (QED) is 0.485. The first kappa shape index (κ1) is 17.9. The van der Waals surface area contributed by atoms with Crippen molar-refractivity contribution in [1.29, 1.82) is 0 Å². The Kier molecular flexibility index (Phi) is 3.99. The minimum atomic E-state index is -0.527. The maximum absolute atomic E-state index is 13.1. The SMILES string of the molecule is COc1cccc2cc(C(=O)Nc3cccc4c3C(=O)c3ccccc3C4=O)oc12. The summed E-state index contributed by atoms with van der Waals surface area (Å²) >= 11 is 0. The van der Waals surface area contributed by atoms with Gasteiger partial charge < -0.3 is 14.5 Å². The molecule has 0 saturated carbocycles. The maximum atomic E-state index is 13.1. The number of hydrogen-bond donors (Lipinski definition) is 1. The summed E-state index contributed by atoms with van der Waals surface area (Å²) in [6, 6.07) is 18.4. The van der Waals surface area contributed by atoms with Crippen molar-refractivity contribution < 1.29 is 23.5 Å². The van der Waals surface area contributed by atoms with Gasteiger partial charge in [0.25, 0.3) is 5.91 Å². The zero-order chi connectivity index (χ0) is 20.8. The molecule has 5 rings (SSSR count). The molecule has 1 N–H and O–H groups in total. The van der Waals surface area contributed by atoms with E-state index in [2.05, 4.69) is 5.32 Å².